The van der Waals surface area contributed by atoms with Crippen molar-refractivity contribution >= 4 is 28.9 Å². The third-order valence-electron chi connectivity index (χ3n) is 3.25. The van der Waals surface area contributed by atoms with Gasteiger partial charge in [-0.05, 0) is 11.5 Å². The highest BCUT2D eigenvalue weighted by atomic mass is 35.5. The third kappa shape index (κ3) is 5.30. The van der Waals surface area contributed by atoms with Crippen LogP contribution in [0.2, 0.25) is 5.02 Å². The molecular weight excluding hydrogens is 332 g/mol. The molecule has 0 amide bonds. The quantitative estimate of drug-likeness (QED) is 0.821. The average molecular weight is 353 g/mol. The molecule has 1 aromatic carbocycles. The molecule has 0 saturated heterocycles. The Hall–Kier alpha value is -1.43. The van der Waals surface area contributed by atoms with Crippen LogP contribution in [0.15, 0.2) is 29.6 Å². The highest BCUT2D eigenvalue weighted by Crippen LogP contribution is 2.30. The van der Waals surface area contributed by atoms with Crippen molar-refractivity contribution in [2.24, 2.45) is 5.41 Å². The van der Waals surface area contributed by atoms with E-state index in [2.05, 4.69) is 31.1 Å². The second kappa shape index (κ2) is 7.43. The van der Waals surface area contributed by atoms with Crippen molar-refractivity contribution in [1.82, 2.24) is 10.3 Å². The fraction of sp³-hybridized carbons (Fsp3) is 0.412. The van der Waals surface area contributed by atoms with E-state index in [1.807, 2.05) is 29.6 Å². The fourth-order valence-corrected chi connectivity index (χ4v) is 3.20. The number of carboxylic acids is 1. The van der Waals surface area contributed by atoms with E-state index in [0.29, 0.717) is 18.0 Å². The van der Waals surface area contributed by atoms with Crippen LogP contribution in [-0.2, 0) is 11.2 Å². The van der Waals surface area contributed by atoms with Gasteiger partial charge in [-0.3, -0.25) is 4.79 Å². The third-order valence-corrected chi connectivity index (χ3v) is 4.50. The lowest BCUT2D eigenvalue weighted by atomic mass is 9.96. The number of halogens is 1. The summed E-state index contributed by atoms with van der Waals surface area (Å²) in [6.07, 6.45) is 0.354. The van der Waals surface area contributed by atoms with E-state index < -0.39 is 12.0 Å². The molecule has 0 saturated carbocycles. The van der Waals surface area contributed by atoms with Gasteiger partial charge in [-0.15, -0.1) is 11.3 Å². The maximum atomic E-state index is 11.4. The van der Waals surface area contributed by atoms with Gasteiger partial charge >= 0.3 is 5.97 Å². The SMILES string of the molecule is CC(C)(C)CNC(Cc1csc(-c2ccccc2Cl)n1)C(=O)O. The van der Waals surface area contributed by atoms with Crippen LogP contribution < -0.4 is 5.32 Å². The maximum Gasteiger partial charge on any atom is 0.321 e. The number of thiazole rings is 1. The molecule has 0 aliphatic rings. The second-order valence-electron chi connectivity index (χ2n) is 6.66. The first-order valence-corrected chi connectivity index (χ1v) is 8.67. The van der Waals surface area contributed by atoms with Crippen LogP contribution in [-0.4, -0.2) is 28.6 Å². The zero-order valence-corrected chi connectivity index (χ0v) is 15.0. The number of hydrogen-bond acceptors (Lipinski definition) is 4. The summed E-state index contributed by atoms with van der Waals surface area (Å²) in [5, 5.41) is 15.9. The van der Waals surface area contributed by atoms with Crippen LogP contribution in [0.25, 0.3) is 10.6 Å². The number of carbonyl (C=O) groups is 1. The van der Waals surface area contributed by atoms with Crippen molar-refractivity contribution in [2.75, 3.05) is 6.54 Å². The number of benzene rings is 1. The predicted molar refractivity (Wildman–Crippen MR) is 95.1 cm³/mol. The van der Waals surface area contributed by atoms with E-state index in [-0.39, 0.29) is 5.41 Å². The van der Waals surface area contributed by atoms with Gasteiger partial charge in [0.1, 0.15) is 11.0 Å². The second-order valence-corrected chi connectivity index (χ2v) is 7.93. The summed E-state index contributed by atoms with van der Waals surface area (Å²) in [6.45, 7) is 6.83. The molecule has 1 unspecified atom stereocenters. The van der Waals surface area contributed by atoms with Gasteiger partial charge in [0.2, 0.25) is 0 Å². The van der Waals surface area contributed by atoms with Crippen molar-refractivity contribution in [1.29, 1.82) is 0 Å². The summed E-state index contributed by atoms with van der Waals surface area (Å²) in [7, 11) is 0. The van der Waals surface area contributed by atoms with Crippen LogP contribution in [0.4, 0.5) is 0 Å². The molecule has 4 nitrogen and oxygen atoms in total. The van der Waals surface area contributed by atoms with Crippen LogP contribution in [0, 0.1) is 5.41 Å². The summed E-state index contributed by atoms with van der Waals surface area (Å²) in [5.74, 6) is -0.860. The van der Waals surface area contributed by atoms with Gasteiger partial charge in [-0.2, -0.15) is 0 Å². The van der Waals surface area contributed by atoms with E-state index in [9.17, 15) is 9.90 Å². The standard InChI is InChI=1S/C17H21ClN2O2S/c1-17(2,3)10-19-14(16(21)22)8-11-9-23-15(20-11)12-6-4-5-7-13(12)18/h4-7,9,14,19H,8,10H2,1-3H3,(H,21,22). The van der Waals surface area contributed by atoms with E-state index in [0.717, 1.165) is 16.3 Å². The molecular formula is C17H21ClN2O2S. The highest BCUT2D eigenvalue weighted by molar-refractivity contribution is 7.13. The number of carboxylic acid groups (broad SMARTS) is 1. The molecule has 0 bridgehead atoms. The molecule has 1 atom stereocenters. The van der Waals surface area contributed by atoms with Crippen molar-refractivity contribution < 1.29 is 9.90 Å². The number of hydrogen-bond donors (Lipinski definition) is 2. The Labute approximate surface area is 145 Å². The molecule has 124 valence electrons. The lowest BCUT2D eigenvalue weighted by molar-refractivity contribution is -0.139. The molecule has 0 radical (unpaired) electrons. The molecule has 0 aliphatic heterocycles. The molecule has 0 aliphatic carbocycles. The van der Waals surface area contributed by atoms with Gasteiger partial charge in [0.15, 0.2) is 0 Å². The van der Waals surface area contributed by atoms with Gasteiger partial charge in [0.25, 0.3) is 0 Å². The number of aromatic nitrogens is 1. The van der Waals surface area contributed by atoms with Gasteiger partial charge < -0.3 is 10.4 Å². The Balaban J connectivity index is 2.10. The number of aliphatic carboxylic acids is 1. The number of rotatable bonds is 6. The van der Waals surface area contributed by atoms with E-state index in [4.69, 9.17) is 11.6 Å². The molecule has 1 heterocycles. The number of nitrogens with zero attached hydrogens (tertiary/aromatic N) is 1. The molecule has 0 spiro atoms. The van der Waals surface area contributed by atoms with E-state index in [1.165, 1.54) is 11.3 Å². The van der Waals surface area contributed by atoms with Crippen LogP contribution in [0.5, 0.6) is 0 Å². The van der Waals surface area contributed by atoms with Crippen LogP contribution in [0.1, 0.15) is 26.5 Å². The minimum Gasteiger partial charge on any atom is -0.480 e. The van der Waals surface area contributed by atoms with Crippen molar-refractivity contribution in [2.45, 2.75) is 33.2 Å². The van der Waals surface area contributed by atoms with Gasteiger partial charge in [-0.25, -0.2) is 4.98 Å². The topological polar surface area (TPSA) is 62.2 Å². The summed E-state index contributed by atoms with van der Waals surface area (Å²) < 4.78 is 0. The smallest absolute Gasteiger partial charge is 0.321 e. The van der Waals surface area contributed by atoms with Crippen LogP contribution in [0.3, 0.4) is 0 Å². The lowest BCUT2D eigenvalue weighted by Crippen LogP contribution is -2.42. The lowest BCUT2D eigenvalue weighted by Gasteiger charge is -2.22. The Morgan fingerprint density at radius 3 is 2.70 bits per heavy atom. The summed E-state index contributed by atoms with van der Waals surface area (Å²) in [5.41, 5.74) is 1.66. The maximum absolute atomic E-state index is 11.4. The molecule has 2 rings (SSSR count). The molecule has 1 aromatic heterocycles. The zero-order valence-electron chi connectivity index (χ0n) is 13.5. The Kier molecular flexibility index (Phi) is 5.79. The fourth-order valence-electron chi connectivity index (χ4n) is 2.04. The first-order chi connectivity index (χ1) is 10.8. The first-order valence-electron chi connectivity index (χ1n) is 7.42. The Bertz CT molecular complexity index is 679. The average Bonchev–Trinajstić information content (AvgIpc) is 2.91. The Morgan fingerprint density at radius 1 is 1.39 bits per heavy atom. The molecule has 6 heteroatoms. The van der Waals surface area contributed by atoms with E-state index in [1.54, 1.807) is 0 Å². The molecule has 2 N–H and O–H groups in total. The van der Waals surface area contributed by atoms with Gasteiger partial charge in [0, 0.05) is 23.9 Å². The zero-order chi connectivity index (χ0) is 17.0. The van der Waals surface area contributed by atoms with Gasteiger partial charge in [-0.1, -0.05) is 50.6 Å². The minimum absolute atomic E-state index is 0.0263. The molecule has 23 heavy (non-hydrogen) atoms. The van der Waals surface area contributed by atoms with Crippen molar-refractivity contribution in [3.8, 4) is 10.6 Å². The minimum atomic E-state index is -0.860. The summed E-state index contributed by atoms with van der Waals surface area (Å²) >= 11 is 7.66. The normalized spacial score (nSPS) is 13.0. The van der Waals surface area contributed by atoms with E-state index >= 15 is 0 Å². The highest BCUT2D eigenvalue weighted by Gasteiger charge is 2.22. The predicted octanol–water partition coefficient (Wildman–Crippen LogP) is 4.09. The van der Waals surface area contributed by atoms with Crippen molar-refractivity contribution in [3.05, 3.63) is 40.4 Å². The molecule has 2 aromatic rings. The van der Waals surface area contributed by atoms with Crippen LogP contribution >= 0.6 is 22.9 Å². The monoisotopic (exact) mass is 352 g/mol. The van der Waals surface area contributed by atoms with Crippen molar-refractivity contribution in [3.63, 3.8) is 0 Å². The van der Waals surface area contributed by atoms with Gasteiger partial charge in [0.05, 0.1) is 10.7 Å². The Morgan fingerprint density at radius 2 is 2.09 bits per heavy atom. The summed E-state index contributed by atoms with van der Waals surface area (Å²) in [4.78, 5) is 16.0. The first kappa shape index (κ1) is 17.9. The number of nitrogens with one attached hydrogen (secondary N) is 1. The summed E-state index contributed by atoms with van der Waals surface area (Å²) in [6, 6.07) is 6.88. The molecule has 0 fully saturated rings. The largest absolute Gasteiger partial charge is 0.480 e.